The number of aliphatic hydroxyl groups is 1. The molecule has 0 aliphatic carbocycles. The summed E-state index contributed by atoms with van der Waals surface area (Å²) in [6, 6.07) is 9.63. The predicted molar refractivity (Wildman–Crippen MR) is 116 cm³/mol. The minimum absolute atomic E-state index is 0.0467. The molecule has 1 aliphatic heterocycles. The third kappa shape index (κ3) is 4.59. The number of halogens is 4. The van der Waals surface area contributed by atoms with Crippen LogP contribution in [-0.4, -0.2) is 15.9 Å². The van der Waals surface area contributed by atoms with E-state index in [1.54, 1.807) is 36.5 Å². The summed E-state index contributed by atoms with van der Waals surface area (Å²) >= 11 is 6.12. The highest BCUT2D eigenvalue weighted by atomic mass is 35.5. The lowest BCUT2D eigenvalue weighted by Gasteiger charge is -2.25. The van der Waals surface area contributed by atoms with Gasteiger partial charge in [0.25, 0.3) is 5.91 Å². The molecule has 2 aromatic rings. The molecule has 31 heavy (non-hydrogen) atoms. The summed E-state index contributed by atoms with van der Waals surface area (Å²) in [5.74, 6) is -0.682. The number of rotatable bonds is 3. The van der Waals surface area contributed by atoms with Crippen molar-refractivity contribution in [3.05, 3.63) is 101 Å². The summed E-state index contributed by atoms with van der Waals surface area (Å²) in [6.07, 6.45) is 0.563. The van der Waals surface area contributed by atoms with Crippen LogP contribution in [0, 0.1) is 0 Å². The fourth-order valence-corrected chi connectivity index (χ4v) is 3.50. The van der Waals surface area contributed by atoms with Gasteiger partial charge < -0.3 is 5.11 Å². The van der Waals surface area contributed by atoms with E-state index >= 15 is 0 Å². The zero-order valence-electron chi connectivity index (χ0n) is 16.8. The van der Waals surface area contributed by atoms with E-state index in [-0.39, 0.29) is 16.4 Å². The van der Waals surface area contributed by atoms with E-state index in [1.807, 2.05) is 13.0 Å². The van der Waals surface area contributed by atoms with Crippen molar-refractivity contribution in [3.63, 3.8) is 0 Å². The topological polar surface area (TPSA) is 40.5 Å². The Bertz CT molecular complexity index is 1160. The Morgan fingerprint density at radius 2 is 1.87 bits per heavy atom. The van der Waals surface area contributed by atoms with Crippen LogP contribution in [0.4, 0.5) is 13.2 Å². The van der Waals surface area contributed by atoms with E-state index in [4.69, 9.17) is 11.6 Å². The van der Waals surface area contributed by atoms with Crippen LogP contribution in [0.15, 0.2) is 84.4 Å². The SMILES string of the molecule is C=C1C(C)=CC=CN1C(=O)/C(=C(\C)O)c1cccc(-c2ccc(C(F)(F)F)cc2Cl)c1. The molecule has 0 aromatic heterocycles. The van der Waals surface area contributed by atoms with Crippen LogP contribution in [0.5, 0.6) is 0 Å². The number of allylic oxidation sites excluding steroid dienone is 4. The lowest BCUT2D eigenvalue weighted by Crippen LogP contribution is -2.28. The maximum absolute atomic E-state index is 13.2. The Morgan fingerprint density at radius 3 is 2.48 bits per heavy atom. The summed E-state index contributed by atoms with van der Waals surface area (Å²) in [6.45, 7) is 7.12. The fourth-order valence-electron chi connectivity index (χ4n) is 3.22. The second-order valence-corrected chi connectivity index (χ2v) is 7.45. The maximum Gasteiger partial charge on any atom is 0.416 e. The molecule has 3 nitrogen and oxygen atoms in total. The minimum Gasteiger partial charge on any atom is -0.512 e. The summed E-state index contributed by atoms with van der Waals surface area (Å²) in [5.41, 5.74) is 1.76. The highest BCUT2D eigenvalue weighted by Gasteiger charge is 2.31. The van der Waals surface area contributed by atoms with Crippen molar-refractivity contribution in [2.24, 2.45) is 0 Å². The van der Waals surface area contributed by atoms with Gasteiger partial charge >= 0.3 is 6.18 Å². The summed E-state index contributed by atoms with van der Waals surface area (Å²) < 4.78 is 38.8. The Morgan fingerprint density at radius 1 is 1.16 bits per heavy atom. The van der Waals surface area contributed by atoms with Crippen molar-refractivity contribution in [1.29, 1.82) is 0 Å². The number of carbonyl (C=O) groups is 1. The molecular formula is C24H19ClF3NO2. The largest absolute Gasteiger partial charge is 0.512 e. The highest BCUT2D eigenvalue weighted by molar-refractivity contribution is 6.33. The molecule has 0 bridgehead atoms. The molecule has 1 N–H and O–H groups in total. The summed E-state index contributed by atoms with van der Waals surface area (Å²) in [5, 5.41) is 10.2. The third-order valence-corrected chi connectivity index (χ3v) is 5.19. The molecule has 1 heterocycles. The Kier molecular flexibility index (Phi) is 6.13. The van der Waals surface area contributed by atoms with Gasteiger partial charge in [0.1, 0.15) is 5.76 Å². The number of alkyl halides is 3. The van der Waals surface area contributed by atoms with E-state index in [0.717, 1.165) is 17.7 Å². The van der Waals surface area contributed by atoms with Crippen molar-refractivity contribution >= 4 is 23.1 Å². The monoisotopic (exact) mass is 445 g/mol. The zero-order valence-corrected chi connectivity index (χ0v) is 17.6. The fraction of sp³-hybridized carbons (Fsp3) is 0.125. The predicted octanol–water partition coefficient (Wildman–Crippen LogP) is 7.13. The molecule has 0 atom stereocenters. The van der Waals surface area contributed by atoms with Crippen LogP contribution < -0.4 is 0 Å². The molecule has 2 aromatic carbocycles. The van der Waals surface area contributed by atoms with Gasteiger partial charge in [0.05, 0.1) is 11.1 Å². The molecule has 1 amide bonds. The normalized spacial score (nSPS) is 15.0. The first-order valence-electron chi connectivity index (χ1n) is 9.26. The molecule has 7 heteroatoms. The second kappa shape index (κ2) is 8.47. The third-order valence-electron chi connectivity index (χ3n) is 4.88. The Hall–Kier alpha value is -3.25. The van der Waals surface area contributed by atoms with Gasteiger partial charge in [-0.05, 0) is 54.8 Å². The molecular weight excluding hydrogens is 427 g/mol. The van der Waals surface area contributed by atoms with Crippen LogP contribution in [0.1, 0.15) is 25.0 Å². The molecule has 3 rings (SSSR count). The van der Waals surface area contributed by atoms with Crippen LogP contribution in [0.2, 0.25) is 5.02 Å². The number of benzene rings is 2. The Labute approximate surface area is 183 Å². The van der Waals surface area contributed by atoms with E-state index in [1.165, 1.54) is 17.9 Å². The lowest BCUT2D eigenvalue weighted by molar-refractivity contribution is -0.137. The molecule has 0 saturated carbocycles. The number of nitrogens with zero attached hydrogens (tertiary/aromatic N) is 1. The minimum atomic E-state index is -4.50. The van der Waals surface area contributed by atoms with Crippen molar-refractivity contribution < 1.29 is 23.1 Å². The molecule has 0 unspecified atom stereocenters. The van der Waals surface area contributed by atoms with E-state index in [2.05, 4.69) is 6.58 Å². The molecule has 1 aliphatic rings. The van der Waals surface area contributed by atoms with Gasteiger partial charge in [-0.1, -0.05) is 48.5 Å². The first-order chi connectivity index (χ1) is 14.5. The molecule has 0 spiro atoms. The van der Waals surface area contributed by atoms with Gasteiger partial charge in [0.15, 0.2) is 0 Å². The Balaban J connectivity index is 2.02. The van der Waals surface area contributed by atoms with Crippen molar-refractivity contribution in [2.45, 2.75) is 20.0 Å². The van der Waals surface area contributed by atoms with E-state index in [0.29, 0.717) is 22.4 Å². The number of hydrogen-bond acceptors (Lipinski definition) is 2. The van der Waals surface area contributed by atoms with Gasteiger partial charge in [0, 0.05) is 22.5 Å². The average Bonchev–Trinajstić information content (AvgIpc) is 2.69. The molecule has 0 saturated heterocycles. The number of aliphatic hydroxyl groups excluding tert-OH is 1. The first kappa shape index (κ1) is 22.4. The summed E-state index contributed by atoms with van der Waals surface area (Å²) in [4.78, 5) is 14.5. The quantitative estimate of drug-likeness (QED) is 0.403. The number of amides is 1. The van der Waals surface area contributed by atoms with Gasteiger partial charge in [0.2, 0.25) is 0 Å². The van der Waals surface area contributed by atoms with Crippen LogP contribution in [0.25, 0.3) is 16.7 Å². The zero-order chi connectivity index (χ0) is 22.9. The maximum atomic E-state index is 13.2. The van der Waals surface area contributed by atoms with Crippen LogP contribution in [-0.2, 0) is 11.0 Å². The van der Waals surface area contributed by atoms with Gasteiger partial charge in [-0.3, -0.25) is 9.69 Å². The standard InChI is InChI=1S/C24H19ClF3NO2/c1-14-6-5-11-29(15(14)2)23(31)22(16(3)30)18-8-4-7-17(12-18)20-10-9-19(13-21(20)25)24(26,27)28/h4-13,30H,2H2,1,3H3/b22-16+. The van der Waals surface area contributed by atoms with E-state index in [9.17, 15) is 23.1 Å². The van der Waals surface area contributed by atoms with E-state index < -0.39 is 17.6 Å². The molecule has 0 fully saturated rings. The van der Waals surface area contributed by atoms with Crippen molar-refractivity contribution in [3.8, 4) is 11.1 Å². The smallest absolute Gasteiger partial charge is 0.416 e. The lowest BCUT2D eigenvalue weighted by atomic mass is 9.96. The molecule has 160 valence electrons. The highest BCUT2D eigenvalue weighted by Crippen LogP contribution is 2.36. The van der Waals surface area contributed by atoms with Crippen molar-refractivity contribution in [2.75, 3.05) is 0 Å². The van der Waals surface area contributed by atoms with Gasteiger partial charge in [-0.2, -0.15) is 13.2 Å². The van der Waals surface area contributed by atoms with Crippen LogP contribution in [0.3, 0.4) is 0 Å². The number of carbonyl (C=O) groups excluding carboxylic acids is 1. The molecule has 0 radical (unpaired) electrons. The van der Waals surface area contributed by atoms with Crippen molar-refractivity contribution in [1.82, 2.24) is 4.90 Å². The average molecular weight is 446 g/mol. The first-order valence-corrected chi connectivity index (χ1v) is 9.64. The van der Waals surface area contributed by atoms with Gasteiger partial charge in [-0.15, -0.1) is 0 Å². The van der Waals surface area contributed by atoms with Gasteiger partial charge in [-0.25, -0.2) is 0 Å². The summed E-state index contributed by atoms with van der Waals surface area (Å²) in [7, 11) is 0. The second-order valence-electron chi connectivity index (χ2n) is 7.05. The van der Waals surface area contributed by atoms with Crippen LogP contribution >= 0.6 is 11.6 Å². The number of hydrogen-bond donors (Lipinski definition) is 1.